The van der Waals surface area contributed by atoms with Gasteiger partial charge in [0.05, 0.1) is 0 Å². The SMILES string of the molecule is O=C(O)C(=O)O.O=C(OCc1ccccc1)N1CCC(CNc2ccncc2)CC1. The first kappa shape index (κ1) is 22.7. The fourth-order valence-electron chi connectivity index (χ4n) is 2.86. The van der Waals surface area contributed by atoms with Crippen molar-refractivity contribution in [3.63, 3.8) is 0 Å². The maximum Gasteiger partial charge on any atom is 0.414 e. The Balaban J connectivity index is 0.000000469. The molecule has 1 aliphatic rings. The first-order valence-electron chi connectivity index (χ1n) is 9.51. The van der Waals surface area contributed by atoms with Crippen molar-refractivity contribution in [2.45, 2.75) is 19.4 Å². The summed E-state index contributed by atoms with van der Waals surface area (Å²) in [6.07, 6.45) is 5.36. The van der Waals surface area contributed by atoms with Crippen LogP contribution in [0, 0.1) is 5.92 Å². The molecule has 3 rings (SSSR count). The molecule has 9 heteroatoms. The van der Waals surface area contributed by atoms with Crippen LogP contribution in [-0.4, -0.2) is 57.8 Å². The van der Waals surface area contributed by atoms with E-state index in [2.05, 4.69) is 10.3 Å². The third-order valence-electron chi connectivity index (χ3n) is 4.54. The fraction of sp³-hybridized carbons (Fsp3) is 0.333. The summed E-state index contributed by atoms with van der Waals surface area (Å²) in [6, 6.07) is 13.7. The molecular formula is C21H25N3O6. The van der Waals surface area contributed by atoms with E-state index in [9.17, 15) is 4.79 Å². The van der Waals surface area contributed by atoms with Gasteiger partial charge in [-0.15, -0.1) is 0 Å². The maximum atomic E-state index is 12.1. The van der Waals surface area contributed by atoms with Crippen LogP contribution in [0.4, 0.5) is 10.5 Å². The first-order valence-corrected chi connectivity index (χ1v) is 9.51. The topological polar surface area (TPSA) is 129 Å². The molecule has 1 aromatic carbocycles. The molecule has 0 radical (unpaired) electrons. The van der Waals surface area contributed by atoms with Crippen LogP contribution >= 0.6 is 0 Å². The van der Waals surface area contributed by atoms with Gasteiger partial charge in [-0.1, -0.05) is 30.3 Å². The van der Waals surface area contributed by atoms with Crippen molar-refractivity contribution in [2.75, 3.05) is 25.0 Å². The molecule has 1 saturated heterocycles. The predicted octanol–water partition coefficient (Wildman–Crippen LogP) is 2.70. The highest BCUT2D eigenvalue weighted by Crippen LogP contribution is 2.19. The average Bonchev–Trinajstić information content (AvgIpc) is 2.78. The molecule has 9 nitrogen and oxygen atoms in total. The maximum absolute atomic E-state index is 12.1. The predicted molar refractivity (Wildman–Crippen MR) is 109 cm³/mol. The van der Waals surface area contributed by atoms with Gasteiger partial charge in [0, 0.05) is 37.7 Å². The number of carboxylic acid groups (broad SMARTS) is 2. The zero-order valence-electron chi connectivity index (χ0n) is 16.4. The van der Waals surface area contributed by atoms with E-state index in [1.807, 2.05) is 47.4 Å². The molecular weight excluding hydrogens is 390 g/mol. The molecule has 0 saturated carbocycles. The standard InChI is InChI=1S/C19H23N3O2.C2H2O4/c23-19(24-15-17-4-2-1-3-5-17)22-12-8-16(9-13-22)14-21-18-6-10-20-11-7-18;3-1(4)2(5)6/h1-7,10-11,16H,8-9,12-15H2,(H,20,21);(H,3,4)(H,5,6). The summed E-state index contributed by atoms with van der Waals surface area (Å²) in [5.74, 6) is -3.07. The number of rotatable bonds is 5. The summed E-state index contributed by atoms with van der Waals surface area (Å²) in [4.78, 5) is 36.2. The van der Waals surface area contributed by atoms with Crippen LogP contribution in [0.25, 0.3) is 0 Å². The number of amides is 1. The number of nitrogens with zero attached hydrogens (tertiary/aromatic N) is 2. The van der Waals surface area contributed by atoms with Gasteiger partial charge in [0.1, 0.15) is 6.61 Å². The Labute approximate surface area is 174 Å². The van der Waals surface area contributed by atoms with Crippen LogP contribution in [0.3, 0.4) is 0 Å². The van der Waals surface area contributed by atoms with Crippen LogP contribution in [0.2, 0.25) is 0 Å². The lowest BCUT2D eigenvalue weighted by atomic mass is 9.97. The van der Waals surface area contributed by atoms with Gasteiger partial charge < -0.3 is 25.2 Å². The Bertz CT molecular complexity index is 796. The second-order valence-electron chi connectivity index (χ2n) is 6.70. The molecule has 3 N–H and O–H groups in total. The number of piperidine rings is 1. The number of aliphatic carboxylic acids is 2. The van der Waals surface area contributed by atoms with E-state index in [1.165, 1.54) is 0 Å². The Hall–Kier alpha value is -3.62. The molecule has 0 aliphatic carbocycles. The Morgan fingerprint density at radius 2 is 1.60 bits per heavy atom. The van der Waals surface area contributed by atoms with Gasteiger partial charge in [-0.25, -0.2) is 14.4 Å². The van der Waals surface area contributed by atoms with Crippen LogP contribution in [0.5, 0.6) is 0 Å². The highest BCUT2D eigenvalue weighted by molar-refractivity contribution is 6.27. The van der Waals surface area contributed by atoms with Crippen LogP contribution in [0.1, 0.15) is 18.4 Å². The van der Waals surface area contributed by atoms with Crippen molar-refractivity contribution in [3.05, 3.63) is 60.4 Å². The van der Waals surface area contributed by atoms with Crippen LogP contribution in [0.15, 0.2) is 54.9 Å². The van der Waals surface area contributed by atoms with E-state index in [0.717, 1.165) is 43.7 Å². The number of carbonyl (C=O) groups excluding carboxylic acids is 1. The largest absolute Gasteiger partial charge is 0.473 e. The highest BCUT2D eigenvalue weighted by atomic mass is 16.6. The molecule has 0 bridgehead atoms. The van der Waals surface area contributed by atoms with E-state index in [-0.39, 0.29) is 6.09 Å². The molecule has 1 aliphatic heterocycles. The van der Waals surface area contributed by atoms with Crippen molar-refractivity contribution in [2.24, 2.45) is 5.92 Å². The number of carbonyl (C=O) groups is 3. The number of nitrogens with one attached hydrogen (secondary N) is 1. The minimum Gasteiger partial charge on any atom is -0.473 e. The number of anilines is 1. The van der Waals surface area contributed by atoms with Gasteiger partial charge in [-0.3, -0.25) is 4.98 Å². The first-order chi connectivity index (χ1) is 14.5. The molecule has 2 aromatic rings. The molecule has 1 amide bonds. The number of hydrogen-bond donors (Lipinski definition) is 3. The number of hydrogen-bond acceptors (Lipinski definition) is 6. The summed E-state index contributed by atoms with van der Waals surface area (Å²) >= 11 is 0. The summed E-state index contributed by atoms with van der Waals surface area (Å²) in [7, 11) is 0. The van der Waals surface area contributed by atoms with Crippen molar-refractivity contribution >= 4 is 23.7 Å². The summed E-state index contributed by atoms with van der Waals surface area (Å²) < 4.78 is 5.40. The lowest BCUT2D eigenvalue weighted by Crippen LogP contribution is -2.40. The highest BCUT2D eigenvalue weighted by Gasteiger charge is 2.23. The quantitative estimate of drug-likeness (QED) is 0.636. The second kappa shape index (κ2) is 12.1. The molecule has 160 valence electrons. The smallest absolute Gasteiger partial charge is 0.414 e. The number of likely N-dealkylation sites (tertiary alicyclic amines) is 1. The van der Waals surface area contributed by atoms with Gasteiger partial charge in [0.25, 0.3) is 0 Å². The molecule has 0 atom stereocenters. The van der Waals surface area contributed by atoms with Gasteiger partial charge in [-0.05, 0) is 36.5 Å². The van der Waals surface area contributed by atoms with E-state index < -0.39 is 11.9 Å². The van der Waals surface area contributed by atoms with Crippen molar-refractivity contribution < 1.29 is 29.3 Å². The molecule has 1 fully saturated rings. The third-order valence-corrected chi connectivity index (χ3v) is 4.54. The van der Waals surface area contributed by atoms with Gasteiger partial charge in [-0.2, -0.15) is 0 Å². The minimum absolute atomic E-state index is 0.209. The molecule has 0 unspecified atom stereocenters. The van der Waals surface area contributed by atoms with Crippen molar-refractivity contribution in [1.82, 2.24) is 9.88 Å². The summed E-state index contributed by atoms with van der Waals surface area (Å²) in [5.41, 5.74) is 2.11. The number of pyridine rings is 1. The summed E-state index contributed by atoms with van der Waals surface area (Å²) in [6.45, 7) is 2.78. The second-order valence-corrected chi connectivity index (χ2v) is 6.70. The zero-order valence-corrected chi connectivity index (χ0v) is 16.4. The molecule has 1 aromatic heterocycles. The average molecular weight is 415 g/mol. The number of ether oxygens (including phenoxy) is 1. The third kappa shape index (κ3) is 8.17. The monoisotopic (exact) mass is 415 g/mol. The van der Waals surface area contributed by atoms with E-state index >= 15 is 0 Å². The Morgan fingerprint density at radius 1 is 1.00 bits per heavy atom. The number of aromatic nitrogens is 1. The van der Waals surface area contributed by atoms with E-state index in [4.69, 9.17) is 24.5 Å². The molecule has 0 spiro atoms. The molecule has 2 heterocycles. The minimum atomic E-state index is -1.82. The van der Waals surface area contributed by atoms with Crippen molar-refractivity contribution in [1.29, 1.82) is 0 Å². The van der Waals surface area contributed by atoms with Crippen LogP contribution in [-0.2, 0) is 20.9 Å². The van der Waals surface area contributed by atoms with Gasteiger partial charge in [0.2, 0.25) is 0 Å². The van der Waals surface area contributed by atoms with Crippen LogP contribution < -0.4 is 5.32 Å². The normalized spacial score (nSPS) is 13.5. The van der Waals surface area contributed by atoms with Gasteiger partial charge in [0.15, 0.2) is 0 Å². The lowest BCUT2D eigenvalue weighted by Gasteiger charge is -2.31. The molecule has 30 heavy (non-hydrogen) atoms. The zero-order chi connectivity index (χ0) is 21.8. The summed E-state index contributed by atoms with van der Waals surface area (Å²) in [5, 5.41) is 18.2. The van der Waals surface area contributed by atoms with Gasteiger partial charge >= 0.3 is 18.0 Å². The number of carboxylic acids is 2. The Morgan fingerprint density at radius 3 is 2.17 bits per heavy atom. The van der Waals surface area contributed by atoms with E-state index in [1.54, 1.807) is 12.4 Å². The number of benzene rings is 1. The van der Waals surface area contributed by atoms with Crippen molar-refractivity contribution in [3.8, 4) is 0 Å². The Kier molecular flexibility index (Phi) is 9.11. The lowest BCUT2D eigenvalue weighted by molar-refractivity contribution is -0.159. The van der Waals surface area contributed by atoms with E-state index in [0.29, 0.717) is 12.5 Å². The fourth-order valence-corrected chi connectivity index (χ4v) is 2.86.